The Labute approximate surface area is 101 Å². The molecule has 1 aromatic carbocycles. The molecule has 0 spiro atoms. The van der Waals surface area contributed by atoms with Crippen LogP contribution >= 0.6 is 0 Å². The van der Waals surface area contributed by atoms with E-state index in [0.29, 0.717) is 6.61 Å². The number of carbonyl (C=O) groups excluding carboxylic acids is 1. The standard InChI is InChI=1S/C13H17NO3/c1-16-12(15)8-10-2-4-11(5-3-10)17-9-13(14)6-7-13/h2-5H,6-9,14H2,1H3. The van der Waals surface area contributed by atoms with Crippen molar-refractivity contribution in [3.05, 3.63) is 29.8 Å². The highest BCUT2D eigenvalue weighted by atomic mass is 16.5. The molecule has 0 unspecified atom stereocenters. The summed E-state index contributed by atoms with van der Waals surface area (Å²) in [6, 6.07) is 7.43. The summed E-state index contributed by atoms with van der Waals surface area (Å²) in [5, 5.41) is 0. The Morgan fingerprint density at radius 2 is 2.00 bits per heavy atom. The van der Waals surface area contributed by atoms with E-state index in [1.54, 1.807) is 0 Å². The van der Waals surface area contributed by atoms with E-state index >= 15 is 0 Å². The van der Waals surface area contributed by atoms with Crippen LogP contribution in [-0.4, -0.2) is 25.2 Å². The lowest BCUT2D eigenvalue weighted by Crippen LogP contribution is -2.29. The maximum absolute atomic E-state index is 11.1. The number of rotatable bonds is 5. The zero-order valence-electron chi connectivity index (χ0n) is 9.94. The van der Waals surface area contributed by atoms with E-state index < -0.39 is 0 Å². The van der Waals surface area contributed by atoms with Crippen LogP contribution in [0.2, 0.25) is 0 Å². The van der Waals surface area contributed by atoms with E-state index in [0.717, 1.165) is 24.2 Å². The fourth-order valence-electron chi connectivity index (χ4n) is 1.47. The summed E-state index contributed by atoms with van der Waals surface area (Å²) >= 11 is 0. The van der Waals surface area contributed by atoms with Crippen LogP contribution in [0, 0.1) is 0 Å². The quantitative estimate of drug-likeness (QED) is 0.781. The molecule has 17 heavy (non-hydrogen) atoms. The molecule has 0 aliphatic heterocycles. The lowest BCUT2D eigenvalue weighted by molar-refractivity contribution is -0.139. The van der Waals surface area contributed by atoms with Gasteiger partial charge in [0.15, 0.2) is 0 Å². The molecule has 2 rings (SSSR count). The lowest BCUT2D eigenvalue weighted by Gasteiger charge is -2.11. The van der Waals surface area contributed by atoms with E-state index in [1.165, 1.54) is 7.11 Å². The van der Waals surface area contributed by atoms with Gasteiger partial charge >= 0.3 is 5.97 Å². The highest BCUT2D eigenvalue weighted by Gasteiger charge is 2.39. The third-order valence-corrected chi connectivity index (χ3v) is 2.92. The number of hydrogen-bond donors (Lipinski definition) is 1. The summed E-state index contributed by atoms with van der Waals surface area (Å²) in [4.78, 5) is 11.1. The Morgan fingerprint density at radius 1 is 1.35 bits per heavy atom. The number of nitrogens with two attached hydrogens (primary N) is 1. The molecule has 1 aromatic rings. The fraction of sp³-hybridized carbons (Fsp3) is 0.462. The van der Waals surface area contributed by atoms with Gasteiger partial charge in [-0.15, -0.1) is 0 Å². The smallest absolute Gasteiger partial charge is 0.309 e. The molecule has 1 saturated carbocycles. The van der Waals surface area contributed by atoms with Crippen LogP contribution in [0.25, 0.3) is 0 Å². The molecular weight excluding hydrogens is 218 g/mol. The van der Waals surface area contributed by atoms with Gasteiger partial charge in [0.2, 0.25) is 0 Å². The molecule has 0 bridgehead atoms. The monoisotopic (exact) mass is 235 g/mol. The second kappa shape index (κ2) is 4.75. The van der Waals surface area contributed by atoms with E-state index in [4.69, 9.17) is 10.5 Å². The Morgan fingerprint density at radius 3 is 2.53 bits per heavy atom. The van der Waals surface area contributed by atoms with Crippen molar-refractivity contribution in [1.29, 1.82) is 0 Å². The van der Waals surface area contributed by atoms with Gasteiger partial charge in [0.1, 0.15) is 12.4 Å². The van der Waals surface area contributed by atoms with Gasteiger partial charge in [-0.1, -0.05) is 12.1 Å². The van der Waals surface area contributed by atoms with Crippen molar-refractivity contribution >= 4 is 5.97 Å². The first-order chi connectivity index (χ1) is 8.11. The summed E-state index contributed by atoms with van der Waals surface area (Å²) in [5.41, 5.74) is 6.73. The summed E-state index contributed by atoms with van der Waals surface area (Å²) < 4.78 is 10.2. The molecule has 0 atom stereocenters. The lowest BCUT2D eigenvalue weighted by atomic mass is 10.1. The molecule has 2 N–H and O–H groups in total. The predicted molar refractivity (Wildman–Crippen MR) is 63.8 cm³/mol. The van der Waals surface area contributed by atoms with Crippen molar-refractivity contribution < 1.29 is 14.3 Å². The van der Waals surface area contributed by atoms with Crippen molar-refractivity contribution in [3.8, 4) is 5.75 Å². The van der Waals surface area contributed by atoms with E-state index in [2.05, 4.69) is 4.74 Å². The fourth-order valence-corrected chi connectivity index (χ4v) is 1.47. The van der Waals surface area contributed by atoms with Crippen LogP contribution in [0.4, 0.5) is 0 Å². The third-order valence-electron chi connectivity index (χ3n) is 2.92. The predicted octanol–water partition coefficient (Wildman–Crippen LogP) is 1.27. The van der Waals surface area contributed by atoms with Crippen LogP contribution < -0.4 is 10.5 Å². The van der Waals surface area contributed by atoms with Gasteiger partial charge in [-0.2, -0.15) is 0 Å². The van der Waals surface area contributed by atoms with E-state index in [-0.39, 0.29) is 17.9 Å². The number of methoxy groups -OCH3 is 1. The number of benzene rings is 1. The van der Waals surface area contributed by atoms with E-state index in [9.17, 15) is 4.79 Å². The first-order valence-corrected chi connectivity index (χ1v) is 5.69. The van der Waals surface area contributed by atoms with Gasteiger partial charge in [0, 0.05) is 0 Å². The maximum Gasteiger partial charge on any atom is 0.309 e. The normalized spacial score (nSPS) is 16.4. The van der Waals surface area contributed by atoms with Crippen molar-refractivity contribution in [2.24, 2.45) is 5.73 Å². The minimum absolute atomic E-state index is 0.106. The molecule has 0 heterocycles. The van der Waals surface area contributed by atoms with Crippen LogP contribution in [0.3, 0.4) is 0 Å². The molecule has 0 amide bonds. The van der Waals surface area contributed by atoms with Crippen LogP contribution in [0.1, 0.15) is 18.4 Å². The summed E-state index contributed by atoms with van der Waals surface area (Å²) in [6.07, 6.45) is 2.36. The second-order valence-corrected chi connectivity index (χ2v) is 4.55. The zero-order valence-corrected chi connectivity index (χ0v) is 9.94. The average Bonchev–Trinajstić information content (AvgIpc) is 3.07. The summed E-state index contributed by atoms with van der Waals surface area (Å²) in [7, 11) is 1.39. The Hall–Kier alpha value is -1.55. The SMILES string of the molecule is COC(=O)Cc1ccc(OCC2(N)CC2)cc1. The molecule has 0 radical (unpaired) electrons. The average molecular weight is 235 g/mol. The van der Waals surface area contributed by atoms with Crippen molar-refractivity contribution in [3.63, 3.8) is 0 Å². The van der Waals surface area contributed by atoms with Crippen LogP contribution in [-0.2, 0) is 16.0 Å². The van der Waals surface area contributed by atoms with Gasteiger partial charge in [0.25, 0.3) is 0 Å². The number of ether oxygens (including phenoxy) is 2. The van der Waals surface area contributed by atoms with Crippen LogP contribution in [0.5, 0.6) is 5.75 Å². The molecule has 0 aromatic heterocycles. The minimum atomic E-state index is -0.238. The van der Waals surface area contributed by atoms with Crippen molar-refractivity contribution in [2.75, 3.05) is 13.7 Å². The molecule has 4 nitrogen and oxygen atoms in total. The maximum atomic E-state index is 11.1. The molecule has 92 valence electrons. The largest absolute Gasteiger partial charge is 0.492 e. The molecule has 1 aliphatic carbocycles. The van der Waals surface area contributed by atoms with Gasteiger partial charge < -0.3 is 15.2 Å². The van der Waals surface area contributed by atoms with Gasteiger partial charge in [-0.25, -0.2) is 0 Å². The van der Waals surface area contributed by atoms with Gasteiger partial charge in [-0.3, -0.25) is 4.79 Å². The zero-order chi connectivity index (χ0) is 12.3. The summed E-state index contributed by atoms with van der Waals surface area (Å²) in [5.74, 6) is 0.549. The van der Waals surface area contributed by atoms with Crippen molar-refractivity contribution in [2.45, 2.75) is 24.8 Å². The molecule has 1 aliphatic rings. The Bertz CT molecular complexity index is 396. The van der Waals surface area contributed by atoms with E-state index in [1.807, 2.05) is 24.3 Å². The minimum Gasteiger partial charge on any atom is -0.492 e. The van der Waals surface area contributed by atoms with Gasteiger partial charge in [-0.05, 0) is 30.5 Å². The first kappa shape index (κ1) is 11.9. The number of esters is 1. The Kier molecular flexibility index (Phi) is 3.33. The number of carbonyl (C=O) groups is 1. The topological polar surface area (TPSA) is 61.5 Å². The molecule has 0 saturated heterocycles. The summed E-state index contributed by atoms with van der Waals surface area (Å²) in [6.45, 7) is 0.559. The molecular formula is C13H17NO3. The molecule has 1 fully saturated rings. The van der Waals surface area contributed by atoms with Crippen LogP contribution in [0.15, 0.2) is 24.3 Å². The molecule has 4 heteroatoms. The second-order valence-electron chi connectivity index (χ2n) is 4.55. The Balaban J connectivity index is 1.86. The first-order valence-electron chi connectivity index (χ1n) is 5.69. The van der Waals surface area contributed by atoms with Gasteiger partial charge in [0.05, 0.1) is 19.1 Å². The highest BCUT2D eigenvalue weighted by molar-refractivity contribution is 5.72. The number of hydrogen-bond acceptors (Lipinski definition) is 4. The van der Waals surface area contributed by atoms with Crippen molar-refractivity contribution in [1.82, 2.24) is 0 Å². The third kappa shape index (κ3) is 3.46. The highest BCUT2D eigenvalue weighted by Crippen LogP contribution is 2.32.